The summed E-state index contributed by atoms with van der Waals surface area (Å²) in [7, 11) is 1.51. The number of aromatic nitrogens is 2. The fourth-order valence-electron chi connectivity index (χ4n) is 2.51. The Bertz CT molecular complexity index is 1000. The maximum atomic E-state index is 12.6. The van der Waals surface area contributed by atoms with E-state index < -0.39 is 17.6 Å². The number of hydrogen-bond acceptors (Lipinski definition) is 5. The first kappa shape index (κ1) is 20.1. The van der Waals surface area contributed by atoms with Gasteiger partial charge in [-0.25, -0.2) is 4.98 Å². The van der Waals surface area contributed by atoms with Gasteiger partial charge in [0.15, 0.2) is 0 Å². The Kier molecular flexibility index (Phi) is 5.67. The van der Waals surface area contributed by atoms with E-state index in [4.69, 9.17) is 4.74 Å². The maximum Gasteiger partial charge on any atom is 0.416 e. The van der Waals surface area contributed by atoms with Gasteiger partial charge in [-0.05, 0) is 55.5 Å². The molecule has 1 amide bonds. The minimum Gasteiger partial charge on any atom is -0.481 e. The second-order valence-electron chi connectivity index (χ2n) is 6.07. The van der Waals surface area contributed by atoms with Crippen LogP contribution >= 0.6 is 0 Å². The van der Waals surface area contributed by atoms with E-state index in [0.29, 0.717) is 23.2 Å². The second kappa shape index (κ2) is 8.17. The Balaban J connectivity index is 1.66. The molecule has 0 aliphatic rings. The monoisotopic (exact) mass is 402 g/mol. The molecule has 0 radical (unpaired) electrons. The van der Waals surface area contributed by atoms with E-state index in [1.165, 1.54) is 7.11 Å². The van der Waals surface area contributed by atoms with Crippen LogP contribution in [0.25, 0.3) is 0 Å². The van der Waals surface area contributed by atoms with Gasteiger partial charge in [0.2, 0.25) is 5.88 Å². The maximum absolute atomic E-state index is 12.6. The molecule has 0 aliphatic heterocycles. The van der Waals surface area contributed by atoms with Crippen LogP contribution < -0.4 is 15.4 Å². The minimum atomic E-state index is -4.44. The van der Waals surface area contributed by atoms with Crippen LogP contribution in [0.4, 0.5) is 30.4 Å². The van der Waals surface area contributed by atoms with Crippen LogP contribution in [0.1, 0.15) is 21.7 Å². The molecule has 1 aromatic heterocycles. The zero-order chi connectivity index (χ0) is 21.0. The molecule has 6 nitrogen and oxygen atoms in total. The van der Waals surface area contributed by atoms with Gasteiger partial charge in [0.25, 0.3) is 5.91 Å². The number of amides is 1. The molecule has 0 saturated carbocycles. The minimum absolute atomic E-state index is 0.128. The summed E-state index contributed by atoms with van der Waals surface area (Å²) in [6.45, 7) is 1.74. The normalized spacial score (nSPS) is 11.1. The number of nitrogens with one attached hydrogen (secondary N) is 2. The van der Waals surface area contributed by atoms with Crippen molar-refractivity contribution in [1.82, 2.24) is 9.97 Å². The molecule has 0 saturated heterocycles. The van der Waals surface area contributed by atoms with Crippen molar-refractivity contribution in [2.45, 2.75) is 13.1 Å². The molecule has 2 aromatic carbocycles. The first-order valence-corrected chi connectivity index (χ1v) is 8.50. The molecule has 9 heteroatoms. The van der Waals surface area contributed by atoms with E-state index in [1.807, 2.05) is 0 Å². The molecule has 1 heterocycles. The summed E-state index contributed by atoms with van der Waals surface area (Å²) in [5, 5.41) is 5.74. The number of carbonyl (C=O) groups excluding carboxylic acids is 1. The van der Waals surface area contributed by atoms with Gasteiger partial charge < -0.3 is 15.4 Å². The highest BCUT2D eigenvalue weighted by Crippen LogP contribution is 2.29. The van der Waals surface area contributed by atoms with Gasteiger partial charge >= 0.3 is 6.18 Å². The Morgan fingerprint density at radius 1 is 0.966 bits per heavy atom. The van der Waals surface area contributed by atoms with E-state index in [-0.39, 0.29) is 5.56 Å². The van der Waals surface area contributed by atoms with Gasteiger partial charge in [-0.15, -0.1) is 0 Å². The van der Waals surface area contributed by atoms with Crippen molar-refractivity contribution in [2.24, 2.45) is 0 Å². The zero-order valence-corrected chi connectivity index (χ0v) is 15.5. The van der Waals surface area contributed by atoms with Crippen molar-refractivity contribution in [3.05, 3.63) is 71.5 Å². The average molecular weight is 402 g/mol. The number of alkyl halides is 3. The third kappa shape index (κ3) is 5.22. The van der Waals surface area contributed by atoms with Gasteiger partial charge in [0.1, 0.15) is 11.6 Å². The zero-order valence-electron chi connectivity index (χ0n) is 15.5. The Morgan fingerprint density at radius 3 is 2.17 bits per heavy atom. The first-order valence-electron chi connectivity index (χ1n) is 8.50. The summed E-state index contributed by atoms with van der Waals surface area (Å²) in [4.78, 5) is 20.6. The number of anilines is 3. The lowest BCUT2D eigenvalue weighted by molar-refractivity contribution is -0.137. The Morgan fingerprint density at radius 2 is 1.59 bits per heavy atom. The smallest absolute Gasteiger partial charge is 0.416 e. The van der Waals surface area contributed by atoms with Crippen molar-refractivity contribution in [1.29, 1.82) is 0 Å². The van der Waals surface area contributed by atoms with Crippen LogP contribution in [0.3, 0.4) is 0 Å². The lowest BCUT2D eigenvalue weighted by Crippen LogP contribution is -2.12. The van der Waals surface area contributed by atoms with Crippen LogP contribution in [0.15, 0.2) is 54.6 Å². The van der Waals surface area contributed by atoms with E-state index in [0.717, 1.165) is 30.0 Å². The predicted molar refractivity (Wildman–Crippen MR) is 102 cm³/mol. The number of rotatable bonds is 5. The van der Waals surface area contributed by atoms with E-state index in [1.54, 1.807) is 37.3 Å². The van der Waals surface area contributed by atoms with Crippen molar-refractivity contribution < 1.29 is 22.7 Å². The number of halogens is 3. The van der Waals surface area contributed by atoms with Crippen LogP contribution in [-0.2, 0) is 6.18 Å². The number of benzene rings is 2. The van der Waals surface area contributed by atoms with Crippen molar-refractivity contribution >= 4 is 23.1 Å². The summed E-state index contributed by atoms with van der Waals surface area (Å²) in [5.41, 5.74) is 0.541. The topological polar surface area (TPSA) is 76.1 Å². The largest absolute Gasteiger partial charge is 0.481 e. The Labute approximate surface area is 164 Å². The number of aryl methyl sites for hydroxylation is 1. The summed E-state index contributed by atoms with van der Waals surface area (Å²) in [5.74, 6) is 1.03. The van der Waals surface area contributed by atoms with E-state index in [2.05, 4.69) is 20.6 Å². The summed E-state index contributed by atoms with van der Waals surface area (Å²) < 4.78 is 42.9. The quantitative estimate of drug-likeness (QED) is 0.641. The first-order chi connectivity index (χ1) is 13.7. The molecule has 0 spiro atoms. The van der Waals surface area contributed by atoms with Crippen molar-refractivity contribution in [3.63, 3.8) is 0 Å². The molecule has 0 bridgehead atoms. The fraction of sp³-hybridized carbons (Fsp3) is 0.150. The highest BCUT2D eigenvalue weighted by atomic mass is 19.4. The summed E-state index contributed by atoms with van der Waals surface area (Å²) >= 11 is 0. The van der Waals surface area contributed by atoms with Gasteiger partial charge in [-0.3, -0.25) is 4.79 Å². The third-order valence-corrected chi connectivity index (χ3v) is 3.91. The van der Waals surface area contributed by atoms with E-state index >= 15 is 0 Å². The summed E-state index contributed by atoms with van der Waals surface area (Å²) in [6, 6.07) is 12.5. The molecule has 29 heavy (non-hydrogen) atoms. The third-order valence-electron chi connectivity index (χ3n) is 3.91. The molecule has 0 unspecified atom stereocenters. The molecule has 3 aromatic rings. The fourth-order valence-corrected chi connectivity index (χ4v) is 2.51. The highest BCUT2D eigenvalue weighted by molar-refractivity contribution is 6.04. The second-order valence-corrected chi connectivity index (χ2v) is 6.07. The SMILES string of the molecule is COc1cc(Nc2ccc(NC(=O)c3ccc(C(F)(F)F)cc3)cc2)nc(C)n1. The van der Waals surface area contributed by atoms with Gasteiger partial charge in [0.05, 0.1) is 12.7 Å². The van der Waals surface area contributed by atoms with Gasteiger partial charge in [-0.1, -0.05) is 0 Å². The van der Waals surface area contributed by atoms with Crippen molar-refractivity contribution in [3.8, 4) is 5.88 Å². The van der Waals surface area contributed by atoms with E-state index in [9.17, 15) is 18.0 Å². The average Bonchev–Trinajstić information content (AvgIpc) is 2.68. The standard InChI is InChI=1S/C20H17F3N4O2/c1-12-24-17(11-18(25-12)29-2)26-15-7-9-16(10-8-15)27-19(28)13-3-5-14(6-4-13)20(21,22)23/h3-11H,1-2H3,(H,27,28)(H,24,25,26). The molecular weight excluding hydrogens is 385 g/mol. The molecule has 0 aliphatic carbocycles. The lowest BCUT2D eigenvalue weighted by Gasteiger charge is -2.10. The Hall–Kier alpha value is -3.62. The molecule has 150 valence electrons. The molecular formula is C20H17F3N4O2. The predicted octanol–water partition coefficient (Wildman–Crippen LogP) is 4.81. The number of hydrogen-bond donors (Lipinski definition) is 2. The number of nitrogens with zero attached hydrogens (tertiary/aromatic N) is 2. The van der Waals surface area contributed by atoms with Gasteiger partial charge in [0, 0.05) is 23.0 Å². The molecule has 2 N–H and O–H groups in total. The summed E-state index contributed by atoms with van der Waals surface area (Å²) in [6.07, 6.45) is -4.44. The molecule has 0 fully saturated rings. The van der Waals surface area contributed by atoms with Crippen LogP contribution in [0.2, 0.25) is 0 Å². The van der Waals surface area contributed by atoms with Crippen LogP contribution in [0.5, 0.6) is 5.88 Å². The van der Waals surface area contributed by atoms with Crippen molar-refractivity contribution in [2.75, 3.05) is 17.7 Å². The van der Waals surface area contributed by atoms with Gasteiger partial charge in [-0.2, -0.15) is 18.2 Å². The molecule has 0 atom stereocenters. The number of methoxy groups -OCH3 is 1. The highest BCUT2D eigenvalue weighted by Gasteiger charge is 2.30. The van der Waals surface area contributed by atoms with Crippen LogP contribution in [0, 0.1) is 6.92 Å². The number of ether oxygens (including phenoxy) is 1. The molecule has 3 rings (SSSR count). The lowest BCUT2D eigenvalue weighted by atomic mass is 10.1. The van der Waals surface area contributed by atoms with Crippen LogP contribution in [-0.4, -0.2) is 23.0 Å². The number of carbonyl (C=O) groups is 1.